The van der Waals surface area contributed by atoms with E-state index in [2.05, 4.69) is 24.3 Å². The van der Waals surface area contributed by atoms with Crippen molar-refractivity contribution in [1.82, 2.24) is 0 Å². The molecule has 3 aromatic rings. The fraction of sp³-hybridized carbons (Fsp3) is 0.296. The minimum absolute atomic E-state index is 0.152. The van der Waals surface area contributed by atoms with Crippen molar-refractivity contribution in [3.8, 4) is 16.9 Å². The van der Waals surface area contributed by atoms with Crippen LogP contribution in [0.5, 0.6) is 5.75 Å². The number of ether oxygens (including phenoxy) is 2. The van der Waals surface area contributed by atoms with Crippen LogP contribution < -0.4 is 9.64 Å². The Morgan fingerprint density at radius 2 is 1.47 bits per heavy atom. The van der Waals surface area contributed by atoms with Gasteiger partial charge >= 0.3 is 0 Å². The number of benzene rings is 3. The third-order valence-corrected chi connectivity index (χ3v) is 5.17. The highest BCUT2D eigenvalue weighted by Gasteiger charge is 2.34. The predicted molar refractivity (Wildman–Crippen MR) is 126 cm³/mol. The SMILES string of the molecule is CCCN(C(=O)C(C)(C)Oc1ccc(F)cc1)c1ccc(-c2ccc(COC)cc2)cc1. The first-order valence-electron chi connectivity index (χ1n) is 10.8. The van der Waals surface area contributed by atoms with Crippen molar-refractivity contribution in [1.29, 1.82) is 0 Å². The van der Waals surface area contributed by atoms with E-state index in [1.54, 1.807) is 25.9 Å². The summed E-state index contributed by atoms with van der Waals surface area (Å²) < 4.78 is 24.3. The number of carbonyl (C=O) groups excluding carboxylic acids is 1. The summed E-state index contributed by atoms with van der Waals surface area (Å²) in [6, 6.07) is 21.9. The van der Waals surface area contributed by atoms with Gasteiger partial charge in [-0.05, 0) is 73.4 Å². The molecule has 0 heterocycles. The number of methoxy groups -OCH3 is 1. The first-order chi connectivity index (χ1) is 15.3. The Morgan fingerprint density at radius 1 is 0.906 bits per heavy atom. The van der Waals surface area contributed by atoms with Crippen LogP contribution in [0, 0.1) is 5.82 Å². The Balaban J connectivity index is 1.79. The highest BCUT2D eigenvalue weighted by molar-refractivity contribution is 5.99. The number of halogens is 1. The first-order valence-corrected chi connectivity index (χ1v) is 10.8. The van der Waals surface area contributed by atoms with E-state index in [0.717, 1.165) is 28.8 Å². The quantitative estimate of drug-likeness (QED) is 0.399. The van der Waals surface area contributed by atoms with Crippen LogP contribution in [0.1, 0.15) is 32.8 Å². The second-order valence-corrected chi connectivity index (χ2v) is 8.20. The van der Waals surface area contributed by atoms with Gasteiger partial charge in [0.2, 0.25) is 0 Å². The van der Waals surface area contributed by atoms with E-state index in [0.29, 0.717) is 18.9 Å². The van der Waals surface area contributed by atoms with E-state index in [4.69, 9.17) is 9.47 Å². The van der Waals surface area contributed by atoms with Crippen molar-refractivity contribution < 1.29 is 18.7 Å². The van der Waals surface area contributed by atoms with Crippen molar-refractivity contribution in [2.75, 3.05) is 18.6 Å². The van der Waals surface area contributed by atoms with Gasteiger partial charge in [0.25, 0.3) is 5.91 Å². The van der Waals surface area contributed by atoms with Crippen molar-refractivity contribution in [3.05, 3.63) is 84.2 Å². The van der Waals surface area contributed by atoms with Crippen LogP contribution in [0.2, 0.25) is 0 Å². The molecule has 0 aromatic heterocycles. The molecular weight excluding hydrogens is 405 g/mol. The summed E-state index contributed by atoms with van der Waals surface area (Å²) in [4.78, 5) is 15.1. The molecule has 0 saturated heterocycles. The molecule has 0 unspecified atom stereocenters. The summed E-state index contributed by atoms with van der Waals surface area (Å²) in [5.74, 6) is -0.0451. The lowest BCUT2D eigenvalue weighted by atomic mass is 10.0. The smallest absolute Gasteiger partial charge is 0.270 e. The van der Waals surface area contributed by atoms with Gasteiger partial charge in [-0.15, -0.1) is 0 Å². The van der Waals surface area contributed by atoms with Gasteiger partial charge in [-0.1, -0.05) is 43.3 Å². The molecule has 32 heavy (non-hydrogen) atoms. The van der Waals surface area contributed by atoms with E-state index in [1.807, 2.05) is 31.2 Å². The van der Waals surface area contributed by atoms with Gasteiger partial charge in [0, 0.05) is 19.3 Å². The summed E-state index contributed by atoms with van der Waals surface area (Å²) in [5, 5.41) is 0. The average molecular weight is 436 g/mol. The minimum atomic E-state index is -1.11. The van der Waals surface area contributed by atoms with Gasteiger partial charge in [-0.25, -0.2) is 4.39 Å². The van der Waals surface area contributed by atoms with Crippen molar-refractivity contribution >= 4 is 11.6 Å². The summed E-state index contributed by atoms with van der Waals surface area (Å²) >= 11 is 0. The van der Waals surface area contributed by atoms with Crippen molar-refractivity contribution in [2.24, 2.45) is 0 Å². The van der Waals surface area contributed by atoms with Gasteiger partial charge in [0.15, 0.2) is 5.60 Å². The molecule has 0 bridgehead atoms. The zero-order valence-electron chi connectivity index (χ0n) is 19.1. The van der Waals surface area contributed by atoms with Gasteiger partial charge in [-0.2, -0.15) is 0 Å². The van der Waals surface area contributed by atoms with Crippen LogP contribution in [-0.4, -0.2) is 25.2 Å². The van der Waals surface area contributed by atoms with Crippen LogP contribution in [0.15, 0.2) is 72.8 Å². The average Bonchev–Trinajstić information content (AvgIpc) is 2.79. The molecule has 3 rings (SSSR count). The van der Waals surface area contributed by atoms with Gasteiger partial charge in [0.05, 0.1) is 6.61 Å². The Morgan fingerprint density at radius 3 is 2.00 bits per heavy atom. The zero-order valence-corrected chi connectivity index (χ0v) is 19.1. The molecule has 0 aliphatic rings. The van der Waals surface area contributed by atoms with Crippen LogP contribution in [0.4, 0.5) is 10.1 Å². The monoisotopic (exact) mass is 435 g/mol. The van der Waals surface area contributed by atoms with E-state index in [-0.39, 0.29) is 11.7 Å². The third-order valence-electron chi connectivity index (χ3n) is 5.17. The Bertz CT molecular complexity index is 1010. The molecule has 168 valence electrons. The van der Waals surface area contributed by atoms with Crippen LogP contribution in [-0.2, 0) is 16.1 Å². The fourth-order valence-corrected chi connectivity index (χ4v) is 3.53. The highest BCUT2D eigenvalue weighted by Crippen LogP contribution is 2.27. The van der Waals surface area contributed by atoms with E-state index in [9.17, 15) is 9.18 Å². The molecule has 0 atom stereocenters. The Hall–Kier alpha value is -3.18. The number of anilines is 1. The molecule has 4 nitrogen and oxygen atoms in total. The topological polar surface area (TPSA) is 38.8 Å². The number of carbonyl (C=O) groups is 1. The highest BCUT2D eigenvalue weighted by atomic mass is 19.1. The third kappa shape index (κ3) is 5.74. The lowest BCUT2D eigenvalue weighted by Gasteiger charge is -2.32. The molecule has 0 aliphatic carbocycles. The van der Waals surface area contributed by atoms with Gasteiger partial charge < -0.3 is 14.4 Å². The van der Waals surface area contributed by atoms with Gasteiger partial charge in [0.1, 0.15) is 11.6 Å². The Labute approximate surface area is 189 Å². The second-order valence-electron chi connectivity index (χ2n) is 8.20. The summed E-state index contributed by atoms with van der Waals surface area (Å²) in [5.41, 5.74) is 3.00. The second kappa shape index (κ2) is 10.4. The van der Waals surface area contributed by atoms with Crippen LogP contribution >= 0.6 is 0 Å². The molecule has 0 aliphatic heterocycles. The number of hydrogen-bond donors (Lipinski definition) is 0. The maximum Gasteiger partial charge on any atom is 0.270 e. The van der Waals surface area contributed by atoms with E-state index in [1.165, 1.54) is 24.3 Å². The number of hydrogen-bond acceptors (Lipinski definition) is 3. The van der Waals surface area contributed by atoms with Gasteiger partial charge in [-0.3, -0.25) is 4.79 Å². The molecule has 0 fully saturated rings. The zero-order chi connectivity index (χ0) is 23.1. The molecule has 0 spiro atoms. The van der Waals surface area contributed by atoms with Crippen molar-refractivity contribution in [2.45, 2.75) is 39.4 Å². The molecule has 0 N–H and O–H groups in total. The first kappa shape index (κ1) is 23.5. The standard InChI is InChI=1S/C27H30FNO3/c1-5-18-29(26(30)27(2,3)32-25-16-12-23(28)13-17-25)24-14-10-22(11-15-24)21-8-6-20(7-9-21)19-31-4/h6-17H,5,18-19H2,1-4H3. The summed E-state index contributed by atoms with van der Waals surface area (Å²) in [6.07, 6.45) is 0.807. The number of nitrogens with zero attached hydrogens (tertiary/aromatic N) is 1. The molecule has 0 radical (unpaired) electrons. The summed E-state index contributed by atoms with van der Waals surface area (Å²) in [6.45, 7) is 6.65. The number of rotatable bonds is 9. The molecule has 3 aromatic carbocycles. The predicted octanol–water partition coefficient (Wildman–Crippen LogP) is 6.24. The maximum absolute atomic E-state index is 13.4. The van der Waals surface area contributed by atoms with E-state index < -0.39 is 5.60 Å². The maximum atomic E-state index is 13.4. The van der Waals surface area contributed by atoms with E-state index >= 15 is 0 Å². The minimum Gasteiger partial charge on any atom is -0.478 e. The normalized spacial score (nSPS) is 11.3. The lowest BCUT2D eigenvalue weighted by Crippen LogP contribution is -2.49. The lowest BCUT2D eigenvalue weighted by molar-refractivity contribution is -0.131. The molecule has 0 saturated carbocycles. The molecular formula is C27H30FNO3. The molecule has 5 heteroatoms. The van der Waals surface area contributed by atoms with Crippen LogP contribution in [0.3, 0.4) is 0 Å². The Kier molecular flexibility index (Phi) is 7.65. The number of amides is 1. The fourth-order valence-electron chi connectivity index (χ4n) is 3.53. The largest absolute Gasteiger partial charge is 0.478 e. The summed E-state index contributed by atoms with van der Waals surface area (Å²) in [7, 11) is 1.68. The van der Waals surface area contributed by atoms with Crippen LogP contribution in [0.25, 0.3) is 11.1 Å². The molecule has 1 amide bonds. The van der Waals surface area contributed by atoms with Crippen molar-refractivity contribution in [3.63, 3.8) is 0 Å².